The third-order valence-electron chi connectivity index (χ3n) is 4.53. The number of ketones is 1. The smallest absolute Gasteiger partial charge is 0.197 e. The predicted octanol–water partition coefficient (Wildman–Crippen LogP) is 6.07. The van der Waals surface area contributed by atoms with Crippen molar-refractivity contribution in [3.63, 3.8) is 0 Å². The second-order valence-electron chi connectivity index (χ2n) is 6.72. The number of hydrogen-bond donors (Lipinski definition) is 1. The van der Waals surface area contributed by atoms with Crippen LogP contribution < -0.4 is 5.32 Å². The van der Waals surface area contributed by atoms with E-state index in [0.29, 0.717) is 22.6 Å². The van der Waals surface area contributed by atoms with E-state index >= 15 is 0 Å². The molecule has 0 atom stereocenters. The second-order valence-corrected chi connectivity index (χ2v) is 7.70. The third-order valence-corrected chi connectivity index (χ3v) is 5.57. The van der Waals surface area contributed by atoms with Crippen LogP contribution in [0.4, 0.5) is 5.69 Å². The van der Waals surface area contributed by atoms with Crippen LogP contribution >= 0.6 is 11.8 Å². The number of pyridine rings is 2. The van der Waals surface area contributed by atoms with Crippen molar-refractivity contribution in [2.75, 3.05) is 5.32 Å². The molecule has 0 aliphatic heterocycles. The van der Waals surface area contributed by atoms with E-state index in [1.54, 1.807) is 24.2 Å². The van der Waals surface area contributed by atoms with E-state index in [0.717, 1.165) is 16.4 Å². The molecule has 0 aliphatic carbocycles. The topological polar surface area (TPSA) is 54.9 Å². The molecule has 2 heterocycles. The molecule has 0 saturated heterocycles. The maximum atomic E-state index is 13.6. The van der Waals surface area contributed by atoms with Crippen molar-refractivity contribution in [1.29, 1.82) is 0 Å². The van der Waals surface area contributed by atoms with Gasteiger partial charge in [0.15, 0.2) is 5.78 Å². The van der Waals surface area contributed by atoms with Crippen molar-refractivity contribution < 1.29 is 4.79 Å². The van der Waals surface area contributed by atoms with Gasteiger partial charge in [0.1, 0.15) is 0 Å². The quantitative estimate of drug-likeness (QED) is 0.275. The summed E-state index contributed by atoms with van der Waals surface area (Å²) in [6, 6.07) is 30.6. The first-order chi connectivity index (χ1) is 15.3. The molecule has 0 spiro atoms. The molecule has 152 valence electrons. The lowest BCUT2D eigenvalue weighted by molar-refractivity contribution is 0.105. The van der Waals surface area contributed by atoms with Gasteiger partial charge in [-0.2, -0.15) is 0 Å². The van der Waals surface area contributed by atoms with Gasteiger partial charge in [0.2, 0.25) is 0 Å². The molecule has 31 heavy (non-hydrogen) atoms. The number of rotatable bonds is 8. The van der Waals surface area contributed by atoms with E-state index in [4.69, 9.17) is 0 Å². The number of thioether (sulfide) groups is 1. The van der Waals surface area contributed by atoms with E-state index in [1.807, 2.05) is 97.1 Å². The summed E-state index contributed by atoms with van der Waals surface area (Å²) in [5.74, 6) is 0.542. The van der Waals surface area contributed by atoms with Gasteiger partial charge in [-0.3, -0.25) is 14.8 Å². The van der Waals surface area contributed by atoms with Crippen molar-refractivity contribution in [1.82, 2.24) is 9.97 Å². The molecule has 5 heteroatoms. The monoisotopic (exact) mass is 423 g/mol. The molecule has 4 rings (SSSR count). The lowest BCUT2D eigenvalue weighted by atomic mass is 10.0. The Labute approximate surface area is 186 Å². The van der Waals surface area contributed by atoms with Gasteiger partial charge in [-0.15, -0.1) is 11.8 Å². The Hall–Kier alpha value is -3.70. The van der Waals surface area contributed by atoms with E-state index in [9.17, 15) is 4.79 Å². The van der Waals surface area contributed by atoms with E-state index in [1.165, 1.54) is 0 Å². The van der Waals surface area contributed by atoms with Gasteiger partial charge in [-0.25, -0.2) is 0 Å². The van der Waals surface area contributed by atoms with Crippen LogP contribution in [0.5, 0.6) is 0 Å². The zero-order valence-electron chi connectivity index (χ0n) is 16.8. The Balaban J connectivity index is 1.80. The van der Waals surface area contributed by atoms with E-state index in [2.05, 4.69) is 15.3 Å². The molecule has 1 N–H and O–H groups in total. The number of aromatic nitrogens is 2. The molecule has 0 bridgehead atoms. The molecule has 0 amide bonds. The van der Waals surface area contributed by atoms with Crippen LogP contribution in [0.25, 0.3) is 5.57 Å². The molecular formula is C26H21N3OS. The Morgan fingerprint density at radius 1 is 0.742 bits per heavy atom. The molecule has 0 fully saturated rings. The lowest BCUT2D eigenvalue weighted by Gasteiger charge is -2.16. The average molecular weight is 424 g/mol. The minimum Gasteiger partial charge on any atom is -0.350 e. The minimum absolute atomic E-state index is 0.0775. The van der Waals surface area contributed by atoms with Crippen molar-refractivity contribution in [2.45, 2.75) is 5.75 Å². The van der Waals surface area contributed by atoms with Gasteiger partial charge < -0.3 is 5.32 Å². The number of Topliss-reactive ketones (excluding diaryl/α,β-unsaturated/α-hetero) is 1. The maximum Gasteiger partial charge on any atom is 0.197 e. The first-order valence-corrected chi connectivity index (χ1v) is 10.9. The molecule has 0 aliphatic rings. The van der Waals surface area contributed by atoms with Crippen LogP contribution in [0.1, 0.15) is 21.7 Å². The number of para-hydroxylation sites is 1. The highest BCUT2D eigenvalue weighted by molar-refractivity contribution is 8.02. The highest BCUT2D eigenvalue weighted by Gasteiger charge is 2.21. The van der Waals surface area contributed by atoms with Crippen molar-refractivity contribution >= 4 is 28.8 Å². The number of hydrogen-bond acceptors (Lipinski definition) is 5. The predicted molar refractivity (Wildman–Crippen MR) is 128 cm³/mol. The number of anilines is 1. The van der Waals surface area contributed by atoms with Gasteiger partial charge >= 0.3 is 0 Å². The fraction of sp³-hybridized carbons (Fsp3) is 0.0385. The molecule has 2 aromatic heterocycles. The van der Waals surface area contributed by atoms with Gasteiger partial charge in [-0.05, 0) is 36.4 Å². The van der Waals surface area contributed by atoms with Crippen LogP contribution in [0.3, 0.4) is 0 Å². The summed E-state index contributed by atoms with van der Waals surface area (Å²) in [7, 11) is 0. The Bertz CT molecular complexity index is 1150. The molecule has 0 radical (unpaired) electrons. The van der Waals surface area contributed by atoms with Crippen molar-refractivity contribution in [3.8, 4) is 0 Å². The summed E-state index contributed by atoms with van der Waals surface area (Å²) in [6.07, 6.45) is 3.48. The summed E-state index contributed by atoms with van der Waals surface area (Å²) >= 11 is 1.54. The fourth-order valence-corrected chi connectivity index (χ4v) is 4.03. The summed E-state index contributed by atoms with van der Waals surface area (Å²) in [5, 5.41) is 4.19. The summed E-state index contributed by atoms with van der Waals surface area (Å²) in [4.78, 5) is 22.5. The second kappa shape index (κ2) is 10.4. The van der Waals surface area contributed by atoms with Crippen LogP contribution in [-0.2, 0) is 5.75 Å². The SMILES string of the molecule is O=C(/C(=C(\Nc1ccccc1)SCc1ccccn1)c1ccccn1)c1ccccc1. The van der Waals surface area contributed by atoms with Gasteiger partial charge in [0.05, 0.1) is 22.0 Å². The zero-order chi connectivity index (χ0) is 21.3. The van der Waals surface area contributed by atoms with Gasteiger partial charge in [-0.1, -0.05) is 60.7 Å². The van der Waals surface area contributed by atoms with E-state index in [-0.39, 0.29) is 5.78 Å². The molecule has 2 aromatic carbocycles. The Morgan fingerprint density at radius 3 is 2.03 bits per heavy atom. The number of carbonyl (C=O) groups is 1. The fourth-order valence-electron chi connectivity index (χ4n) is 3.03. The Morgan fingerprint density at radius 2 is 1.39 bits per heavy atom. The maximum absolute atomic E-state index is 13.6. The standard InChI is InChI=1S/C26H21N3OS/c30-25(20-11-3-1-4-12-20)24(23-16-8-10-18-28-23)26(29-21-13-5-2-6-14-21)31-19-22-15-7-9-17-27-22/h1-18,29H,19H2/b26-24+. The van der Waals surface area contributed by atoms with E-state index < -0.39 is 0 Å². The first-order valence-electron chi connectivity index (χ1n) is 9.91. The lowest BCUT2D eigenvalue weighted by Crippen LogP contribution is -2.11. The molecule has 4 nitrogen and oxygen atoms in total. The van der Waals surface area contributed by atoms with Crippen LogP contribution in [0.15, 0.2) is 114 Å². The number of benzene rings is 2. The molecule has 4 aromatic rings. The zero-order valence-corrected chi connectivity index (χ0v) is 17.6. The highest BCUT2D eigenvalue weighted by atomic mass is 32.2. The third kappa shape index (κ3) is 5.47. The first kappa shape index (κ1) is 20.6. The highest BCUT2D eigenvalue weighted by Crippen LogP contribution is 2.32. The number of allylic oxidation sites excluding steroid dienone is 1. The molecule has 0 saturated carbocycles. The number of carbonyl (C=O) groups excluding carboxylic acids is 1. The summed E-state index contributed by atoms with van der Waals surface area (Å²) in [6.45, 7) is 0. The number of nitrogens with one attached hydrogen (secondary N) is 1. The summed E-state index contributed by atoms with van der Waals surface area (Å²) < 4.78 is 0. The van der Waals surface area contributed by atoms with Crippen LogP contribution in [0, 0.1) is 0 Å². The average Bonchev–Trinajstić information content (AvgIpc) is 2.85. The normalized spacial score (nSPS) is 11.5. The van der Waals surface area contributed by atoms with Crippen LogP contribution in [0.2, 0.25) is 0 Å². The minimum atomic E-state index is -0.0775. The van der Waals surface area contributed by atoms with Crippen LogP contribution in [-0.4, -0.2) is 15.8 Å². The molecule has 0 unspecified atom stereocenters. The van der Waals surface area contributed by atoms with Crippen molar-refractivity contribution in [2.24, 2.45) is 0 Å². The van der Waals surface area contributed by atoms with Crippen molar-refractivity contribution in [3.05, 3.63) is 131 Å². The number of nitrogens with zero attached hydrogens (tertiary/aromatic N) is 2. The largest absolute Gasteiger partial charge is 0.350 e. The van der Waals surface area contributed by atoms with Gasteiger partial charge in [0.25, 0.3) is 0 Å². The molecular weight excluding hydrogens is 402 g/mol. The van der Waals surface area contributed by atoms with Gasteiger partial charge in [0, 0.05) is 29.4 Å². The Kier molecular flexibility index (Phi) is 6.88. The summed E-state index contributed by atoms with van der Waals surface area (Å²) in [5.41, 5.74) is 3.63.